The summed E-state index contributed by atoms with van der Waals surface area (Å²) in [5, 5.41) is 2.94. The fraction of sp³-hybridized carbons (Fsp3) is 0.333. The lowest BCUT2D eigenvalue weighted by Gasteiger charge is -2.10. The van der Waals surface area contributed by atoms with Crippen molar-refractivity contribution in [1.29, 1.82) is 0 Å². The number of nitrogens with one attached hydrogen (secondary N) is 1. The van der Waals surface area contributed by atoms with Gasteiger partial charge in [0, 0.05) is 16.8 Å². The van der Waals surface area contributed by atoms with E-state index in [1.165, 1.54) is 22.5 Å². The molecular formula is C15H15N5O2S2. The van der Waals surface area contributed by atoms with Gasteiger partial charge >= 0.3 is 0 Å². The van der Waals surface area contributed by atoms with Crippen LogP contribution in [0.25, 0.3) is 10.2 Å². The molecule has 0 saturated carbocycles. The molecule has 1 aliphatic carbocycles. The number of aryl methyl sites for hydroxylation is 2. The Labute approximate surface area is 145 Å². The fourth-order valence-corrected chi connectivity index (χ4v) is 4.78. The van der Waals surface area contributed by atoms with Crippen LogP contribution in [0.2, 0.25) is 0 Å². The summed E-state index contributed by atoms with van der Waals surface area (Å²) in [6.45, 7) is 0.284. The van der Waals surface area contributed by atoms with E-state index in [2.05, 4.69) is 15.4 Å². The molecule has 0 unspecified atom stereocenters. The number of amides is 1. The second-order valence-corrected chi connectivity index (χ2v) is 7.61. The van der Waals surface area contributed by atoms with Gasteiger partial charge in [0.15, 0.2) is 0 Å². The van der Waals surface area contributed by atoms with E-state index in [0.717, 1.165) is 40.8 Å². The van der Waals surface area contributed by atoms with E-state index in [1.807, 2.05) is 0 Å². The number of fused-ring (bicyclic) bond motifs is 3. The molecule has 9 heteroatoms. The van der Waals surface area contributed by atoms with Gasteiger partial charge in [-0.3, -0.25) is 15.0 Å². The number of aromatic nitrogens is 3. The van der Waals surface area contributed by atoms with Gasteiger partial charge in [-0.25, -0.2) is 14.6 Å². The highest BCUT2D eigenvalue weighted by molar-refractivity contribution is 7.18. The third kappa shape index (κ3) is 2.54. The Morgan fingerprint density at radius 2 is 2.21 bits per heavy atom. The molecule has 3 N–H and O–H groups in total. The highest BCUT2D eigenvalue weighted by atomic mass is 32.1. The third-order valence-electron chi connectivity index (χ3n) is 4.06. The van der Waals surface area contributed by atoms with E-state index in [-0.39, 0.29) is 17.8 Å². The number of hydrogen-bond donors (Lipinski definition) is 2. The first-order chi connectivity index (χ1) is 11.7. The molecule has 1 amide bonds. The maximum atomic E-state index is 12.8. The lowest BCUT2D eigenvalue weighted by molar-refractivity contribution is 0.100. The molecule has 24 heavy (non-hydrogen) atoms. The van der Waals surface area contributed by atoms with Crippen LogP contribution >= 0.6 is 22.7 Å². The maximum absolute atomic E-state index is 12.8. The minimum atomic E-state index is -0.446. The molecule has 3 aromatic rings. The van der Waals surface area contributed by atoms with Crippen molar-refractivity contribution in [2.24, 2.45) is 5.73 Å². The normalized spacial score (nSPS) is 13.9. The highest BCUT2D eigenvalue weighted by Gasteiger charge is 2.20. The van der Waals surface area contributed by atoms with Gasteiger partial charge in [0.1, 0.15) is 21.9 Å². The zero-order chi connectivity index (χ0) is 16.7. The van der Waals surface area contributed by atoms with E-state index in [9.17, 15) is 9.59 Å². The Morgan fingerprint density at radius 3 is 3.00 bits per heavy atom. The number of thiazole rings is 1. The largest absolute Gasteiger partial charge is 0.325 e. The van der Waals surface area contributed by atoms with Crippen molar-refractivity contribution >= 4 is 38.8 Å². The van der Waals surface area contributed by atoms with Crippen LogP contribution in [0.5, 0.6) is 0 Å². The van der Waals surface area contributed by atoms with E-state index in [1.54, 1.807) is 16.7 Å². The number of rotatable bonds is 3. The summed E-state index contributed by atoms with van der Waals surface area (Å²) < 4.78 is 1.15. The topological polar surface area (TPSA) is 103 Å². The molecule has 0 fully saturated rings. The summed E-state index contributed by atoms with van der Waals surface area (Å²) in [7, 11) is 0. The van der Waals surface area contributed by atoms with Crippen molar-refractivity contribution in [3.8, 4) is 0 Å². The average Bonchev–Trinajstić information content (AvgIpc) is 3.21. The van der Waals surface area contributed by atoms with Gasteiger partial charge < -0.3 is 5.73 Å². The lowest BCUT2D eigenvalue weighted by Crippen LogP contribution is -2.33. The van der Waals surface area contributed by atoms with Crippen LogP contribution in [-0.2, 0) is 19.4 Å². The van der Waals surface area contributed by atoms with Crippen LogP contribution in [-0.4, -0.2) is 20.6 Å². The quantitative estimate of drug-likeness (QED) is 0.738. The SMILES string of the molecule is NCc1nc(C(=O)Nn2cnc3sc4c(c3c2=O)CCCC4)cs1. The Balaban J connectivity index is 1.70. The molecule has 0 radical (unpaired) electrons. The Morgan fingerprint density at radius 1 is 1.38 bits per heavy atom. The molecule has 0 bridgehead atoms. The number of carbonyl (C=O) groups excluding carboxylic acids is 1. The second kappa shape index (κ2) is 6.08. The first-order valence-electron chi connectivity index (χ1n) is 7.65. The predicted octanol–water partition coefficient (Wildman–Crippen LogP) is 1.64. The first-order valence-corrected chi connectivity index (χ1v) is 9.34. The second-order valence-electron chi connectivity index (χ2n) is 5.58. The lowest BCUT2D eigenvalue weighted by atomic mass is 9.97. The summed E-state index contributed by atoms with van der Waals surface area (Å²) in [6.07, 6.45) is 5.50. The summed E-state index contributed by atoms with van der Waals surface area (Å²) in [6, 6.07) is 0. The molecule has 0 saturated heterocycles. The van der Waals surface area contributed by atoms with E-state index >= 15 is 0 Å². The van der Waals surface area contributed by atoms with Crippen LogP contribution in [0.3, 0.4) is 0 Å². The zero-order valence-electron chi connectivity index (χ0n) is 12.7. The molecule has 3 aromatic heterocycles. The monoisotopic (exact) mass is 361 g/mol. The molecule has 4 rings (SSSR count). The summed E-state index contributed by atoms with van der Waals surface area (Å²) in [5.74, 6) is -0.446. The third-order valence-corrected chi connectivity index (χ3v) is 6.13. The Bertz CT molecular complexity index is 988. The van der Waals surface area contributed by atoms with Crippen LogP contribution in [0.1, 0.15) is 38.8 Å². The van der Waals surface area contributed by atoms with E-state index in [4.69, 9.17) is 5.73 Å². The predicted molar refractivity (Wildman–Crippen MR) is 94.2 cm³/mol. The van der Waals surface area contributed by atoms with Gasteiger partial charge in [-0.1, -0.05) is 0 Å². The fourth-order valence-electron chi connectivity index (χ4n) is 2.90. The number of nitrogens with zero attached hydrogens (tertiary/aromatic N) is 3. The smallest absolute Gasteiger partial charge is 0.289 e. The Kier molecular flexibility index (Phi) is 3.91. The van der Waals surface area contributed by atoms with Crippen molar-refractivity contribution in [2.75, 3.05) is 5.43 Å². The van der Waals surface area contributed by atoms with E-state index in [0.29, 0.717) is 10.4 Å². The molecule has 7 nitrogen and oxygen atoms in total. The van der Waals surface area contributed by atoms with Crippen LogP contribution in [0.4, 0.5) is 0 Å². The van der Waals surface area contributed by atoms with Crippen LogP contribution in [0, 0.1) is 0 Å². The van der Waals surface area contributed by atoms with Gasteiger partial charge in [0.2, 0.25) is 0 Å². The molecule has 0 aliphatic heterocycles. The molecular weight excluding hydrogens is 346 g/mol. The zero-order valence-corrected chi connectivity index (χ0v) is 14.4. The summed E-state index contributed by atoms with van der Waals surface area (Å²) in [4.78, 5) is 35.5. The maximum Gasteiger partial charge on any atom is 0.289 e. The van der Waals surface area contributed by atoms with Gasteiger partial charge in [-0.15, -0.1) is 22.7 Å². The van der Waals surface area contributed by atoms with Crippen molar-refractivity contribution in [2.45, 2.75) is 32.2 Å². The highest BCUT2D eigenvalue weighted by Crippen LogP contribution is 2.33. The molecule has 124 valence electrons. The van der Waals surface area contributed by atoms with Crippen molar-refractivity contribution in [1.82, 2.24) is 14.6 Å². The van der Waals surface area contributed by atoms with Crippen molar-refractivity contribution in [3.05, 3.63) is 43.2 Å². The van der Waals surface area contributed by atoms with Crippen molar-refractivity contribution < 1.29 is 4.79 Å². The molecule has 1 aliphatic rings. The van der Waals surface area contributed by atoms with E-state index < -0.39 is 5.91 Å². The number of thiophene rings is 1. The van der Waals surface area contributed by atoms with Crippen molar-refractivity contribution in [3.63, 3.8) is 0 Å². The number of nitrogens with two attached hydrogens (primary N) is 1. The van der Waals surface area contributed by atoms with Gasteiger partial charge in [-0.2, -0.15) is 0 Å². The summed E-state index contributed by atoms with van der Waals surface area (Å²) in [5.41, 5.74) is 9.18. The van der Waals surface area contributed by atoms with Gasteiger partial charge in [-0.05, 0) is 31.2 Å². The number of carbonyl (C=O) groups is 1. The first kappa shape index (κ1) is 15.4. The Hall–Kier alpha value is -2.10. The summed E-state index contributed by atoms with van der Waals surface area (Å²) >= 11 is 2.90. The minimum absolute atomic E-state index is 0.234. The minimum Gasteiger partial charge on any atom is -0.325 e. The molecule has 0 atom stereocenters. The standard InChI is InChI=1S/C15H15N5O2S2/c16-5-11-18-9(6-23-11)13(21)19-20-7-17-14-12(15(20)22)8-3-1-2-4-10(8)24-14/h6-7H,1-5,16H2,(H,19,21). The molecule has 0 aromatic carbocycles. The molecule has 0 spiro atoms. The average molecular weight is 361 g/mol. The van der Waals surface area contributed by atoms with Crippen LogP contribution < -0.4 is 16.7 Å². The number of hydrogen-bond acceptors (Lipinski definition) is 7. The van der Waals surface area contributed by atoms with Crippen LogP contribution in [0.15, 0.2) is 16.5 Å². The molecule has 3 heterocycles. The van der Waals surface area contributed by atoms with Gasteiger partial charge in [0.05, 0.1) is 5.39 Å². The van der Waals surface area contributed by atoms with Gasteiger partial charge in [0.25, 0.3) is 11.5 Å².